The Kier molecular flexibility index (Phi) is 5.25. The van der Waals surface area contributed by atoms with Gasteiger partial charge in [-0.05, 0) is 49.4 Å². The molecule has 178 valence electrons. The zero-order valence-electron chi connectivity index (χ0n) is 20.0. The van der Waals surface area contributed by atoms with Crippen molar-refractivity contribution in [2.24, 2.45) is 17.8 Å². The average Bonchev–Trinajstić information content (AvgIpc) is 3.37. The molecule has 8 nitrogen and oxygen atoms in total. The lowest BCUT2D eigenvalue weighted by Gasteiger charge is -2.30. The van der Waals surface area contributed by atoms with Gasteiger partial charge in [0.25, 0.3) is 0 Å². The predicted octanol–water partition coefficient (Wildman–Crippen LogP) is 3.41. The molecule has 0 spiro atoms. The standard InChI is InChI=1S/C27H29N7O/c1-29-13-18(12-28)23-7-4-17(14-30-23)16-3-8-24-22(9-16)26-25(15-31-24)33(2)27(35)34(26)21-10-19-5-6-20(11-21)32-19/h3-4,7-9,12-15,19-21,32H,5-6,10-11,28H2,1-2H3. The monoisotopic (exact) mass is 467 g/mol. The Hall–Kier alpha value is -3.78. The van der Waals surface area contributed by atoms with Gasteiger partial charge in [0.15, 0.2) is 0 Å². The second kappa shape index (κ2) is 8.46. The minimum atomic E-state index is 0.0377. The third kappa shape index (κ3) is 3.56. The number of benzene rings is 1. The van der Waals surface area contributed by atoms with Crippen LogP contribution in [0.3, 0.4) is 0 Å². The normalized spacial score (nSPS) is 22.6. The third-order valence-corrected chi connectivity index (χ3v) is 7.57. The molecule has 0 radical (unpaired) electrons. The number of allylic oxidation sites excluding steroid dienone is 1. The van der Waals surface area contributed by atoms with Crippen molar-refractivity contribution in [3.05, 3.63) is 65.1 Å². The molecule has 2 aliphatic heterocycles. The smallest absolute Gasteiger partial charge is 0.329 e. The van der Waals surface area contributed by atoms with E-state index >= 15 is 0 Å². The molecule has 5 heterocycles. The Bertz CT molecular complexity index is 1530. The fourth-order valence-corrected chi connectivity index (χ4v) is 5.85. The van der Waals surface area contributed by atoms with Crippen LogP contribution in [0.1, 0.15) is 37.4 Å². The van der Waals surface area contributed by atoms with Gasteiger partial charge in [-0.2, -0.15) is 0 Å². The number of pyridine rings is 2. The molecule has 3 aromatic heterocycles. The zero-order valence-corrected chi connectivity index (χ0v) is 20.0. The van der Waals surface area contributed by atoms with Crippen LogP contribution in [0, 0.1) is 0 Å². The summed E-state index contributed by atoms with van der Waals surface area (Å²) >= 11 is 0. The fourth-order valence-electron chi connectivity index (χ4n) is 5.85. The van der Waals surface area contributed by atoms with Crippen molar-refractivity contribution in [1.82, 2.24) is 24.4 Å². The van der Waals surface area contributed by atoms with Gasteiger partial charge in [0.2, 0.25) is 0 Å². The lowest BCUT2D eigenvalue weighted by molar-refractivity contribution is 0.298. The molecule has 0 amide bonds. The van der Waals surface area contributed by atoms with Gasteiger partial charge in [-0.1, -0.05) is 12.1 Å². The summed E-state index contributed by atoms with van der Waals surface area (Å²) in [6.07, 6.45) is 11.3. The number of imidazole rings is 1. The summed E-state index contributed by atoms with van der Waals surface area (Å²) in [5.74, 6) is 0. The summed E-state index contributed by atoms with van der Waals surface area (Å²) in [7, 11) is 3.55. The third-order valence-electron chi connectivity index (χ3n) is 7.57. The maximum absolute atomic E-state index is 13.4. The largest absolute Gasteiger partial charge is 0.404 e. The van der Waals surface area contributed by atoms with Crippen molar-refractivity contribution in [1.29, 1.82) is 0 Å². The van der Waals surface area contributed by atoms with E-state index in [-0.39, 0.29) is 11.7 Å². The molecule has 2 saturated heterocycles. The summed E-state index contributed by atoms with van der Waals surface area (Å²) in [5.41, 5.74) is 12.1. The molecule has 2 unspecified atom stereocenters. The van der Waals surface area contributed by atoms with Gasteiger partial charge in [0.05, 0.1) is 28.4 Å². The molecule has 0 aliphatic carbocycles. The van der Waals surface area contributed by atoms with Crippen LogP contribution in [0.15, 0.2) is 58.7 Å². The maximum atomic E-state index is 13.4. The van der Waals surface area contributed by atoms with Crippen LogP contribution in [0.4, 0.5) is 0 Å². The highest BCUT2D eigenvalue weighted by Gasteiger charge is 2.36. The van der Waals surface area contributed by atoms with Gasteiger partial charge in [-0.3, -0.25) is 24.1 Å². The summed E-state index contributed by atoms with van der Waals surface area (Å²) in [6, 6.07) is 11.4. The van der Waals surface area contributed by atoms with E-state index in [1.807, 2.05) is 42.2 Å². The fraction of sp³-hybridized carbons (Fsp3) is 0.333. The van der Waals surface area contributed by atoms with Gasteiger partial charge in [0, 0.05) is 67.4 Å². The van der Waals surface area contributed by atoms with Crippen LogP contribution in [0.5, 0.6) is 0 Å². The van der Waals surface area contributed by atoms with Gasteiger partial charge < -0.3 is 11.1 Å². The van der Waals surface area contributed by atoms with Crippen LogP contribution >= 0.6 is 0 Å². The summed E-state index contributed by atoms with van der Waals surface area (Å²) in [5, 5.41) is 4.69. The Balaban J connectivity index is 1.49. The molecule has 6 rings (SSSR count). The Morgan fingerprint density at radius 2 is 1.89 bits per heavy atom. The van der Waals surface area contributed by atoms with Crippen molar-refractivity contribution >= 4 is 33.7 Å². The van der Waals surface area contributed by atoms with E-state index in [1.165, 1.54) is 19.0 Å². The first-order valence-electron chi connectivity index (χ1n) is 12.1. The molecule has 1 aromatic carbocycles. The van der Waals surface area contributed by atoms with Crippen LogP contribution in [0.2, 0.25) is 0 Å². The predicted molar refractivity (Wildman–Crippen MR) is 141 cm³/mol. The molecule has 3 N–H and O–H groups in total. The first-order chi connectivity index (χ1) is 17.1. The van der Waals surface area contributed by atoms with Crippen molar-refractivity contribution in [2.75, 3.05) is 7.05 Å². The lowest BCUT2D eigenvalue weighted by atomic mass is 9.98. The second-order valence-corrected chi connectivity index (χ2v) is 9.64. The summed E-state index contributed by atoms with van der Waals surface area (Å²) in [6.45, 7) is 0. The number of nitrogens with two attached hydrogens (primary N) is 1. The number of hydrogen-bond donors (Lipinski definition) is 2. The first kappa shape index (κ1) is 21.7. The van der Waals surface area contributed by atoms with Gasteiger partial charge in [-0.15, -0.1) is 0 Å². The highest BCUT2D eigenvalue weighted by Crippen LogP contribution is 2.37. The van der Waals surface area contributed by atoms with E-state index in [0.29, 0.717) is 12.1 Å². The SMILES string of the molecule is CN=CC(=CN)c1ccc(-c2ccc3ncc4c(c3c2)n(C2CC3CCC(C2)N3)c(=O)n4C)cn1. The van der Waals surface area contributed by atoms with E-state index in [0.717, 1.165) is 57.2 Å². The molecule has 2 aliphatic rings. The number of nitrogens with one attached hydrogen (secondary N) is 1. The molecule has 2 atom stereocenters. The molecular weight excluding hydrogens is 438 g/mol. The van der Waals surface area contributed by atoms with Crippen LogP contribution < -0.4 is 16.7 Å². The lowest BCUT2D eigenvalue weighted by Crippen LogP contribution is -2.41. The van der Waals surface area contributed by atoms with Gasteiger partial charge in [0.1, 0.15) is 0 Å². The summed E-state index contributed by atoms with van der Waals surface area (Å²) < 4.78 is 3.78. The second-order valence-electron chi connectivity index (χ2n) is 9.64. The van der Waals surface area contributed by atoms with Crippen molar-refractivity contribution in [2.45, 2.75) is 43.8 Å². The Morgan fingerprint density at radius 1 is 1.11 bits per heavy atom. The number of aromatic nitrogens is 4. The van der Waals surface area contributed by atoms with Gasteiger partial charge >= 0.3 is 5.69 Å². The minimum absolute atomic E-state index is 0.0377. The number of fused-ring (bicyclic) bond motifs is 5. The summed E-state index contributed by atoms with van der Waals surface area (Å²) in [4.78, 5) is 26.8. The van der Waals surface area contributed by atoms with Gasteiger partial charge in [-0.25, -0.2) is 4.79 Å². The number of hydrogen-bond acceptors (Lipinski definition) is 6. The number of aryl methyl sites for hydroxylation is 1. The number of rotatable bonds is 4. The van der Waals surface area contributed by atoms with Crippen LogP contribution in [-0.4, -0.2) is 44.4 Å². The van der Waals surface area contributed by atoms with E-state index in [1.54, 1.807) is 17.8 Å². The van der Waals surface area contributed by atoms with Crippen molar-refractivity contribution < 1.29 is 0 Å². The molecule has 0 saturated carbocycles. The van der Waals surface area contributed by atoms with E-state index < -0.39 is 0 Å². The molecule has 4 aromatic rings. The van der Waals surface area contributed by atoms with Crippen LogP contribution in [0.25, 0.3) is 38.6 Å². The van der Waals surface area contributed by atoms with E-state index in [4.69, 9.17) is 5.73 Å². The molecule has 2 fully saturated rings. The maximum Gasteiger partial charge on any atom is 0.329 e. The van der Waals surface area contributed by atoms with Crippen molar-refractivity contribution in [3.8, 4) is 11.1 Å². The highest BCUT2D eigenvalue weighted by atomic mass is 16.1. The van der Waals surface area contributed by atoms with E-state index in [9.17, 15) is 4.79 Å². The average molecular weight is 468 g/mol. The van der Waals surface area contributed by atoms with E-state index in [2.05, 4.69) is 32.4 Å². The molecule has 2 bridgehead atoms. The zero-order chi connectivity index (χ0) is 24.1. The minimum Gasteiger partial charge on any atom is -0.404 e. The molecular formula is C27H29N7O. The quantitative estimate of drug-likeness (QED) is 0.448. The number of piperidine rings is 1. The van der Waals surface area contributed by atoms with Crippen LogP contribution in [-0.2, 0) is 7.05 Å². The Morgan fingerprint density at radius 3 is 2.57 bits per heavy atom. The molecule has 35 heavy (non-hydrogen) atoms. The Labute approximate surface area is 203 Å². The van der Waals surface area contributed by atoms with Crippen molar-refractivity contribution in [3.63, 3.8) is 0 Å². The first-order valence-corrected chi connectivity index (χ1v) is 12.1. The topological polar surface area (TPSA) is 103 Å². The molecule has 8 heteroatoms. The highest BCUT2D eigenvalue weighted by molar-refractivity contribution is 6.09. The number of nitrogens with zero attached hydrogens (tertiary/aromatic N) is 5. The number of aliphatic imine (C=N–C) groups is 1.